The minimum Gasteiger partial charge on any atom is -0.310 e. The van der Waals surface area contributed by atoms with Crippen molar-refractivity contribution < 1.29 is 0 Å². The van der Waals surface area contributed by atoms with Gasteiger partial charge in [-0.1, -0.05) is 334 Å². The van der Waals surface area contributed by atoms with E-state index in [1.165, 1.54) is 0 Å². The Morgan fingerprint density at radius 2 is 0.446 bits per heavy atom. The molecule has 10 nitrogen and oxygen atoms in total. The highest BCUT2D eigenvalue weighted by atomic mass is 15.2. The van der Waals surface area contributed by atoms with Gasteiger partial charge in [0, 0.05) is 77.8 Å². The fraction of sp³-hybridized carbons (Fsp3) is 0. The number of benzene rings is 16. The highest BCUT2D eigenvalue weighted by Crippen LogP contribution is 2.44. The van der Waals surface area contributed by atoms with Gasteiger partial charge in [0.15, 0.2) is 23.3 Å². The first-order valence-electron chi connectivity index (χ1n) is 37.6. The summed E-state index contributed by atoms with van der Waals surface area (Å²) in [5.41, 5.74) is 23.4. The van der Waals surface area contributed by atoms with E-state index in [1.54, 1.807) is 0 Å². The molecular weight excluding hydrogens is 1370 g/mol. The molecule has 0 aliphatic rings. The molecule has 0 amide bonds. The number of nitrogens with zero attached hydrogens (tertiary/aromatic N) is 10. The summed E-state index contributed by atoms with van der Waals surface area (Å²) >= 11 is 0. The van der Waals surface area contributed by atoms with E-state index in [0.29, 0.717) is 35.2 Å². The largest absolute Gasteiger partial charge is 0.310 e. The minimum absolute atomic E-state index is 0.570. The van der Waals surface area contributed by atoms with Gasteiger partial charge in [0.25, 0.3) is 0 Å². The fourth-order valence-corrected chi connectivity index (χ4v) is 15.1. The maximum Gasteiger partial charge on any atom is 0.238 e. The van der Waals surface area contributed by atoms with Gasteiger partial charge < -0.3 is 9.80 Å². The molecule has 0 N–H and O–H groups in total. The Bertz CT molecular complexity index is 6630. The molecule has 0 spiro atoms. The number of hydrogen-bond donors (Lipinski definition) is 0. The summed E-state index contributed by atoms with van der Waals surface area (Å²) < 4.78 is 4.36. The summed E-state index contributed by atoms with van der Waals surface area (Å²) in [6.45, 7) is 0. The van der Waals surface area contributed by atoms with E-state index in [0.717, 1.165) is 144 Å². The van der Waals surface area contributed by atoms with Crippen LogP contribution in [0.4, 0.5) is 34.1 Å². The molecule has 10 heteroatoms. The van der Waals surface area contributed by atoms with Crippen LogP contribution in [0.2, 0.25) is 0 Å². The van der Waals surface area contributed by atoms with Gasteiger partial charge in [-0.2, -0.15) is 19.9 Å². The van der Waals surface area contributed by atoms with Crippen LogP contribution in [-0.2, 0) is 0 Å². The van der Waals surface area contributed by atoms with E-state index in [9.17, 15) is 0 Å². The second-order valence-electron chi connectivity index (χ2n) is 27.4. The Balaban J connectivity index is 0.000000151. The van der Waals surface area contributed by atoms with E-state index in [-0.39, 0.29) is 0 Å². The maximum absolute atomic E-state index is 5.23. The molecule has 0 saturated heterocycles. The monoisotopic (exact) mass is 1430 g/mol. The van der Waals surface area contributed by atoms with Crippen molar-refractivity contribution >= 4 is 77.7 Å². The molecule has 4 aromatic heterocycles. The van der Waals surface area contributed by atoms with Crippen molar-refractivity contribution in [3.8, 4) is 102 Å². The predicted octanol–water partition coefficient (Wildman–Crippen LogP) is 26.2. The zero-order valence-corrected chi connectivity index (χ0v) is 60.9. The third-order valence-corrected chi connectivity index (χ3v) is 20.5. The fourth-order valence-electron chi connectivity index (χ4n) is 15.1. The average Bonchev–Trinajstić information content (AvgIpc) is 1.58. The quantitative estimate of drug-likeness (QED) is 0.0944. The summed E-state index contributed by atoms with van der Waals surface area (Å²) in [4.78, 5) is 35.5. The van der Waals surface area contributed by atoms with Gasteiger partial charge in [0.1, 0.15) is 0 Å². The molecule has 16 aromatic carbocycles. The molecule has 20 rings (SSSR count). The third-order valence-electron chi connectivity index (χ3n) is 20.5. The van der Waals surface area contributed by atoms with Crippen LogP contribution in [0.15, 0.2) is 425 Å². The first-order valence-corrected chi connectivity index (χ1v) is 37.6. The van der Waals surface area contributed by atoms with E-state index in [2.05, 4.69) is 359 Å². The number of para-hydroxylation sites is 7. The molecule has 0 aliphatic carbocycles. The Morgan fingerprint density at radius 1 is 0.170 bits per heavy atom. The SMILES string of the molecule is c1ccc(-c2ccc3c4ccccc4n(-c4nc(-c5ccccc5)nc(-c5ccc(-c6cccc(N(c7ccccc7)c7ccccc7)c6)cc5)n4)c3c2)cc1.c1ccc(-c2ccc3c4ccccc4n(-c4nc(-c5ccccc5)nc(-c5ccc(-c6ccccc6N(c6ccccc6)c6ccccc6)cc5)n4)c3c2)cc1. The van der Waals surface area contributed by atoms with Crippen LogP contribution in [-0.4, -0.2) is 39.0 Å². The summed E-state index contributed by atoms with van der Waals surface area (Å²) in [5.74, 6) is 3.60. The second-order valence-corrected chi connectivity index (χ2v) is 27.4. The molecule has 4 heterocycles. The zero-order valence-electron chi connectivity index (χ0n) is 60.9. The van der Waals surface area contributed by atoms with Crippen LogP contribution in [0.1, 0.15) is 0 Å². The predicted molar refractivity (Wildman–Crippen MR) is 461 cm³/mol. The Kier molecular flexibility index (Phi) is 18.1. The summed E-state index contributed by atoms with van der Waals surface area (Å²) in [7, 11) is 0. The molecule has 0 saturated carbocycles. The molecular formula is C102H70N10. The minimum atomic E-state index is 0.570. The maximum atomic E-state index is 5.23. The van der Waals surface area contributed by atoms with Gasteiger partial charge in [-0.3, -0.25) is 9.13 Å². The van der Waals surface area contributed by atoms with Crippen molar-refractivity contribution in [3.63, 3.8) is 0 Å². The number of fused-ring (bicyclic) bond motifs is 6. The van der Waals surface area contributed by atoms with Crippen molar-refractivity contribution in [3.05, 3.63) is 425 Å². The van der Waals surface area contributed by atoms with Gasteiger partial charge in [-0.05, 0) is 130 Å². The summed E-state index contributed by atoms with van der Waals surface area (Å²) in [5, 5.41) is 4.59. The van der Waals surface area contributed by atoms with Crippen molar-refractivity contribution in [1.29, 1.82) is 0 Å². The van der Waals surface area contributed by atoms with Crippen molar-refractivity contribution in [2.24, 2.45) is 0 Å². The van der Waals surface area contributed by atoms with E-state index in [4.69, 9.17) is 29.9 Å². The van der Waals surface area contributed by atoms with Crippen LogP contribution < -0.4 is 9.80 Å². The number of hydrogen-bond acceptors (Lipinski definition) is 8. The highest BCUT2D eigenvalue weighted by molar-refractivity contribution is 6.11. The normalized spacial score (nSPS) is 11.2. The lowest BCUT2D eigenvalue weighted by molar-refractivity contribution is 0.953. The summed E-state index contributed by atoms with van der Waals surface area (Å²) in [6.07, 6.45) is 0. The molecule has 112 heavy (non-hydrogen) atoms. The van der Waals surface area contributed by atoms with Gasteiger partial charge in [0.05, 0.1) is 27.8 Å². The van der Waals surface area contributed by atoms with Gasteiger partial charge >= 0.3 is 0 Å². The number of aromatic nitrogens is 8. The Morgan fingerprint density at radius 3 is 0.866 bits per heavy atom. The average molecular weight is 1440 g/mol. The molecule has 20 aromatic rings. The van der Waals surface area contributed by atoms with Crippen LogP contribution in [0.3, 0.4) is 0 Å². The molecule has 0 radical (unpaired) electrons. The van der Waals surface area contributed by atoms with Crippen LogP contribution in [0.25, 0.3) is 146 Å². The van der Waals surface area contributed by atoms with E-state index >= 15 is 0 Å². The second kappa shape index (κ2) is 30.2. The number of rotatable bonds is 16. The molecule has 0 bridgehead atoms. The molecule has 528 valence electrons. The molecule has 0 atom stereocenters. The van der Waals surface area contributed by atoms with Gasteiger partial charge in [-0.25, -0.2) is 9.97 Å². The molecule has 0 unspecified atom stereocenters. The van der Waals surface area contributed by atoms with Crippen molar-refractivity contribution in [2.45, 2.75) is 0 Å². The molecule has 0 aliphatic heterocycles. The molecule has 0 fully saturated rings. The van der Waals surface area contributed by atoms with Crippen LogP contribution >= 0.6 is 0 Å². The lowest BCUT2D eigenvalue weighted by Crippen LogP contribution is -2.10. The Hall–Kier alpha value is -15.3. The van der Waals surface area contributed by atoms with Gasteiger partial charge in [-0.15, -0.1) is 0 Å². The number of anilines is 6. The van der Waals surface area contributed by atoms with Crippen molar-refractivity contribution in [1.82, 2.24) is 39.0 Å². The smallest absolute Gasteiger partial charge is 0.238 e. The first-order chi connectivity index (χ1) is 55.5. The van der Waals surface area contributed by atoms with Crippen molar-refractivity contribution in [2.75, 3.05) is 9.80 Å². The van der Waals surface area contributed by atoms with Gasteiger partial charge in [0.2, 0.25) is 11.9 Å². The van der Waals surface area contributed by atoms with E-state index < -0.39 is 0 Å². The first kappa shape index (κ1) is 67.4. The zero-order chi connectivity index (χ0) is 74.5. The Labute approximate surface area is 649 Å². The third kappa shape index (κ3) is 13.3. The van der Waals surface area contributed by atoms with E-state index in [1.807, 2.05) is 84.9 Å². The lowest BCUT2D eigenvalue weighted by atomic mass is 10.0. The summed E-state index contributed by atoms with van der Waals surface area (Å²) in [6, 6.07) is 148. The highest BCUT2D eigenvalue weighted by Gasteiger charge is 2.23. The lowest BCUT2D eigenvalue weighted by Gasteiger charge is -2.27. The standard InChI is InChI=1S/2C51H35N5/c1-5-17-36(18-6-1)40-33-34-45-44-26-14-16-28-47(44)56(48(45)35-40)51-53-49(38-19-7-2-8-20-38)52-50(54-51)39-31-29-37(30-32-39)43-25-13-15-27-46(43)55(41-21-9-3-10-22-41)42-23-11-4-12-24-42;1-5-16-36(17-6-1)41-32-33-46-45-26-13-14-27-47(45)56(48(46)35-41)51-53-49(38-18-7-2-8-19-38)52-50(54-51)39-30-28-37(29-31-39)40-20-15-25-44(34-40)55(42-21-9-3-10-22-42)43-23-11-4-12-24-43/h2*1-35H. The van der Waals surface area contributed by atoms with Crippen LogP contribution in [0.5, 0.6) is 0 Å². The van der Waals surface area contributed by atoms with Crippen LogP contribution in [0, 0.1) is 0 Å². The topological polar surface area (TPSA) is 93.7 Å².